The van der Waals surface area contributed by atoms with E-state index in [1.165, 1.54) is 6.92 Å². The normalized spacial score (nSPS) is 45.5. The Morgan fingerprint density at radius 3 is 1.81 bits per heavy atom. The molecule has 19 N–H and O–H groups in total. The summed E-state index contributed by atoms with van der Waals surface area (Å²) in [5, 5.41) is 187. The molecule has 5 aliphatic heterocycles. The molecule has 0 spiro atoms. The van der Waals surface area contributed by atoms with E-state index >= 15 is 0 Å². The first kappa shape index (κ1) is 57.8. The van der Waals surface area contributed by atoms with Crippen LogP contribution in [0.1, 0.15) is 26.7 Å². The zero-order chi connectivity index (χ0) is 52.3. The van der Waals surface area contributed by atoms with Crippen molar-refractivity contribution in [1.82, 2.24) is 16.0 Å². The number of imide groups is 1. The van der Waals surface area contributed by atoms with Crippen LogP contribution in [0.25, 0.3) is 0 Å². The molecular formula is C38H62N3O29-. The SMILES string of the molecule is CC(=O)NC1C(O)O[C@@H](CO)[C@@H](OC2OC(CO)[C@H](O)[C@H](OC3(C(=O)[O-])C[C@@H](O)[C@H](NC(=O)NC(=O)CC4OC(CO)C(O)C(O)C4O)C([C@H](O)[C@H](O)CO)O3)[C@@H]2O)C1O[C@@H]1O[C@@H](C)C(O)C(O)C1O. The van der Waals surface area contributed by atoms with Gasteiger partial charge in [0.1, 0.15) is 116 Å². The van der Waals surface area contributed by atoms with Crippen LogP contribution in [0.4, 0.5) is 4.79 Å². The summed E-state index contributed by atoms with van der Waals surface area (Å²) in [5.41, 5.74) is 0. The Kier molecular flexibility index (Phi) is 20.1. The number of hydrogen-bond acceptors (Lipinski definition) is 29. The van der Waals surface area contributed by atoms with Crippen LogP contribution < -0.4 is 21.1 Å². The van der Waals surface area contributed by atoms with Crippen molar-refractivity contribution in [3.63, 3.8) is 0 Å². The van der Waals surface area contributed by atoms with E-state index in [1.54, 1.807) is 5.32 Å². The van der Waals surface area contributed by atoms with Crippen LogP contribution in [0.3, 0.4) is 0 Å². The van der Waals surface area contributed by atoms with E-state index in [2.05, 4.69) is 5.32 Å². The zero-order valence-electron chi connectivity index (χ0n) is 37.1. The second kappa shape index (κ2) is 24.3. The van der Waals surface area contributed by atoms with E-state index in [1.807, 2.05) is 5.32 Å². The molecule has 4 amide bonds. The van der Waals surface area contributed by atoms with Crippen LogP contribution >= 0.6 is 0 Å². The maximum Gasteiger partial charge on any atom is 0.321 e. The Labute approximate surface area is 395 Å². The number of amides is 4. The standard InChI is InChI=1S/C38H63N3O29/c1-9-20(50)25(55)27(57)34(63-9)68-31-19(39-10(2)46)33(59)65-16(8-45)29(31)67-35-28(58)32(24(54)15(7-44)66-35)70-38(36(60)61)4-11(47)18(30(69-38)21(51)12(48)5-42)41-37(62)40-17(49)3-13-22(52)26(56)23(53)14(6-43)64-13/h9,11-16,18-35,42-45,47-48,50-59H,3-8H2,1-2H3,(H,39,46)(H,60,61)(H2,40,41,49,62)/p-1/t9-,11+,12+,13?,14?,15?,16-,18-,19?,20?,21+,22?,23?,24-,25?,26?,27?,28-,29+,30?,31?,32-,33?,34-,35?,38?/m0/s1. The van der Waals surface area contributed by atoms with Gasteiger partial charge in [-0.3, -0.25) is 14.9 Å². The van der Waals surface area contributed by atoms with Crippen LogP contribution in [0, 0.1) is 0 Å². The molecule has 32 heteroatoms. The van der Waals surface area contributed by atoms with Crippen LogP contribution in [0.15, 0.2) is 0 Å². The molecule has 70 heavy (non-hydrogen) atoms. The molecule has 5 heterocycles. The smallest absolute Gasteiger partial charge is 0.321 e. The van der Waals surface area contributed by atoms with Crippen LogP contribution in [0.2, 0.25) is 0 Å². The minimum atomic E-state index is -3.45. The van der Waals surface area contributed by atoms with Crippen molar-refractivity contribution in [2.45, 2.75) is 186 Å². The molecule has 15 unspecified atom stereocenters. The Balaban J connectivity index is 1.41. The van der Waals surface area contributed by atoms with Gasteiger partial charge in [-0.05, 0) is 6.92 Å². The summed E-state index contributed by atoms with van der Waals surface area (Å²) >= 11 is 0. The molecule has 5 fully saturated rings. The summed E-state index contributed by atoms with van der Waals surface area (Å²) in [6.45, 7) is -2.02. The quantitative estimate of drug-likeness (QED) is 0.0643. The molecule has 5 aliphatic rings. The number of nitrogens with one attached hydrogen (secondary N) is 3. The van der Waals surface area contributed by atoms with Gasteiger partial charge in [0, 0.05) is 13.3 Å². The molecule has 32 nitrogen and oxygen atoms in total. The number of hydrogen-bond donors (Lipinski definition) is 19. The first-order valence-corrected chi connectivity index (χ1v) is 21.8. The molecule has 0 aliphatic carbocycles. The van der Waals surface area contributed by atoms with Gasteiger partial charge in [-0.15, -0.1) is 0 Å². The molecule has 5 rings (SSSR count). The number of carboxylic acids is 1. The third-order valence-corrected chi connectivity index (χ3v) is 12.5. The predicted molar refractivity (Wildman–Crippen MR) is 211 cm³/mol. The third-order valence-electron chi connectivity index (χ3n) is 12.5. The molecule has 0 radical (unpaired) electrons. The van der Waals surface area contributed by atoms with Gasteiger partial charge in [0.05, 0.1) is 57.2 Å². The van der Waals surface area contributed by atoms with Gasteiger partial charge >= 0.3 is 6.03 Å². The number of carbonyl (C=O) groups excluding carboxylic acids is 4. The Morgan fingerprint density at radius 1 is 0.657 bits per heavy atom. The Bertz CT molecular complexity index is 1760. The van der Waals surface area contributed by atoms with E-state index in [4.69, 9.17) is 37.9 Å². The van der Waals surface area contributed by atoms with Crippen LogP contribution in [0.5, 0.6) is 0 Å². The van der Waals surface area contributed by atoms with Crippen molar-refractivity contribution in [2.24, 2.45) is 0 Å². The second-order valence-electron chi connectivity index (χ2n) is 17.4. The Hall–Kier alpha value is -3.08. The van der Waals surface area contributed by atoms with Crippen molar-refractivity contribution < 1.29 is 144 Å². The topological polar surface area (TPSA) is 525 Å². The lowest BCUT2D eigenvalue weighted by Crippen LogP contribution is -2.73. The number of rotatable bonds is 17. The highest BCUT2D eigenvalue weighted by Gasteiger charge is 2.59. The van der Waals surface area contributed by atoms with E-state index in [9.17, 15) is 106 Å². The number of ether oxygens (including phenoxy) is 8. The van der Waals surface area contributed by atoms with E-state index < -0.39 is 222 Å². The van der Waals surface area contributed by atoms with Gasteiger partial charge in [-0.2, -0.15) is 0 Å². The number of carbonyl (C=O) groups is 4. The minimum Gasteiger partial charge on any atom is -0.544 e. The van der Waals surface area contributed by atoms with Crippen molar-refractivity contribution in [3.8, 4) is 0 Å². The lowest BCUT2D eigenvalue weighted by atomic mass is 9.88. The third kappa shape index (κ3) is 12.5. The number of aliphatic hydroxyl groups excluding tert-OH is 16. The van der Waals surface area contributed by atoms with Gasteiger partial charge in [-0.1, -0.05) is 0 Å². The van der Waals surface area contributed by atoms with Gasteiger partial charge in [0.15, 0.2) is 18.9 Å². The Morgan fingerprint density at radius 2 is 1.23 bits per heavy atom. The van der Waals surface area contributed by atoms with Crippen molar-refractivity contribution in [2.75, 3.05) is 26.4 Å². The largest absolute Gasteiger partial charge is 0.544 e. The summed E-state index contributed by atoms with van der Waals surface area (Å²) in [4.78, 5) is 51.3. The number of aliphatic carboxylic acids is 1. The first-order chi connectivity index (χ1) is 32.8. The lowest BCUT2D eigenvalue weighted by molar-refractivity contribution is -0.412. The lowest BCUT2D eigenvalue weighted by Gasteiger charge is -2.52. The van der Waals surface area contributed by atoms with Crippen molar-refractivity contribution >= 4 is 23.8 Å². The molecule has 5 saturated heterocycles. The maximum absolute atomic E-state index is 13.1. The summed E-state index contributed by atoms with van der Waals surface area (Å²) in [5.74, 6) is -7.94. The minimum absolute atomic E-state index is 0.821. The van der Waals surface area contributed by atoms with Crippen LogP contribution in [-0.4, -0.2) is 291 Å². The highest BCUT2D eigenvalue weighted by atomic mass is 16.8. The summed E-state index contributed by atoms with van der Waals surface area (Å²) in [7, 11) is 0. The summed E-state index contributed by atoms with van der Waals surface area (Å²) < 4.78 is 44.9. The van der Waals surface area contributed by atoms with Gasteiger partial charge in [0.25, 0.3) is 0 Å². The average Bonchev–Trinajstić information content (AvgIpc) is 3.31. The fourth-order valence-electron chi connectivity index (χ4n) is 8.64. The van der Waals surface area contributed by atoms with E-state index in [0.29, 0.717) is 0 Å². The molecule has 0 aromatic carbocycles. The van der Waals surface area contributed by atoms with Crippen molar-refractivity contribution in [1.29, 1.82) is 0 Å². The van der Waals surface area contributed by atoms with Gasteiger partial charge in [-0.25, -0.2) is 4.79 Å². The molecule has 0 bridgehead atoms. The molecule has 404 valence electrons. The van der Waals surface area contributed by atoms with E-state index in [0.717, 1.165) is 6.92 Å². The number of carboxylic acid groups (broad SMARTS) is 1. The number of aliphatic hydroxyl groups is 16. The molecule has 0 aromatic heterocycles. The fourth-order valence-corrected chi connectivity index (χ4v) is 8.64. The van der Waals surface area contributed by atoms with Crippen molar-refractivity contribution in [3.05, 3.63) is 0 Å². The van der Waals surface area contributed by atoms with Crippen LogP contribution in [-0.2, 0) is 52.3 Å². The highest BCUT2D eigenvalue weighted by molar-refractivity contribution is 5.94. The average molecular weight is 1020 g/mol. The number of urea groups is 1. The highest BCUT2D eigenvalue weighted by Crippen LogP contribution is 2.39. The van der Waals surface area contributed by atoms with E-state index in [-0.39, 0.29) is 0 Å². The monoisotopic (exact) mass is 1020 g/mol. The summed E-state index contributed by atoms with van der Waals surface area (Å²) in [6.07, 6.45) is -47.6. The molecule has 0 saturated carbocycles. The second-order valence-corrected chi connectivity index (χ2v) is 17.4. The summed E-state index contributed by atoms with van der Waals surface area (Å²) in [6, 6.07) is -5.27. The molecule has 26 atom stereocenters. The fraction of sp³-hybridized carbons (Fsp3) is 0.895. The first-order valence-electron chi connectivity index (χ1n) is 21.8. The molecule has 0 aromatic rings. The predicted octanol–water partition coefficient (Wildman–Crippen LogP) is -13.6. The zero-order valence-corrected chi connectivity index (χ0v) is 37.1. The molecular weight excluding hydrogens is 962 g/mol. The van der Waals surface area contributed by atoms with Gasteiger partial charge in [0.2, 0.25) is 17.6 Å². The van der Waals surface area contributed by atoms with Gasteiger partial charge < -0.3 is 140 Å². The maximum atomic E-state index is 13.1.